The molecule has 17 nitrogen and oxygen atoms in total. The first-order valence-electron chi connectivity index (χ1n) is 18.5. The second-order valence-corrected chi connectivity index (χ2v) is 15.3. The highest BCUT2D eigenvalue weighted by atomic mass is 16.6. The van der Waals surface area contributed by atoms with Crippen molar-refractivity contribution in [3.05, 3.63) is 71.8 Å². The van der Waals surface area contributed by atoms with Crippen molar-refractivity contribution in [1.29, 1.82) is 0 Å². The lowest BCUT2D eigenvalue weighted by molar-refractivity contribution is -0.151. The van der Waals surface area contributed by atoms with Crippen LogP contribution in [0.3, 0.4) is 0 Å². The number of amides is 6. The second kappa shape index (κ2) is 21.3. The predicted molar refractivity (Wildman–Crippen MR) is 208 cm³/mol. The zero-order chi connectivity index (χ0) is 43.0. The standard InChI is InChI=1S/C40H56N6O11/c1-25(42-33(50)29(44-37(54)57-38(3,4)5)21-16-22-41-36(53)56-23-27-17-12-10-13-18-27)31(48)45-39(6,7)34(51)43-26(2)32(49)46-40(8,9)35(52)55-24-30(47)28-19-14-11-15-20-28/h10-15,17-20,25-26,29H,16,21-24H2,1-9H3,(H,41,53)(H,42,50)(H,43,51)(H,44,54)(H,45,48)(H,46,49)/t25-,26-,29-/m0/s1. The van der Waals surface area contributed by atoms with Gasteiger partial charge in [-0.25, -0.2) is 14.4 Å². The van der Waals surface area contributed by atoms with Gasteiger partial charge in [-0.1, -0.05) is 60.7 Å². The molecule has 17 heteroatoms. The Kier molecular flexibility index (Phi) is 17.7. The molecule has 0 aromatic heterocycles. The fourth-order valence-corrected chi connectivity index (χ4v) is 4.77. The number of nitrogens with one attached hydrogen (secondary N) is 6. The first-order chi connectivity index (χ1) is 26.5. The molecule has 57 heavy (non-hydrogen) atoms. The normalized spacial score (nSPS) is 13.0. The molecule has 3 atom stereocenters. The van der Waals surface area contributed by atoms with E-state index >= 15 is 0 Å². The molecule has 0 fully saturated rings. The molecule has 6 N–H and O–H groups in total. The van der Waals surface area contributed by atoms with Crippen LogP contribution in [0.2, 0.25) is 0 Å². The quantitative estimate of drug-likeness (QED) is 0.0523. The van der Waals surface area contributed by atoms with Crippen molar-refractivity contribution in [2.45, 2.75) is 117 Å². The number of hydrogen-bond acceptors (Lipinski definition) is 11. The summed E-state index contributed by atoms with van der Waals surface area (Å²) in [5.41, 5.74) is -2.85. The highest BCUT2D eigenvalue weighted by molar-refractivity contribution is 5.99. The molecule has 0 saturated heterocycles. The topological polar surface area (TPSA) is 236 Å². The van der Waals surface area contributed by atoms with Crippen molar-refractivity contribution < 1.29 is 52.6 Å². The number of ether oxygens (including phenoxy) is 3. The Morgan fingerprint density at radius 2 is 1.18 bits per heavy atom. The van der Waals surface area contributed by atoms with Gasteiger partial charge in [-0.2, -0.15) is 0 Å². The van der Waals surface area contributed by atoms with E-state index in [0.29, 0.717) is 5.56 Å². The lowest BCUT2D eigenvalue weighted by Gasteiger charge is -2.30. The average molecular weight is 797 g/mol. The van der Waals surface area contributed by atoms with E-state index in [1.807, 2.05) is 30.3 Å². The van der Waals surface area contributed by atoms with Crippen molar-refractivity contribution in [3.63, 3.8) is 0 Å². The first kappa shape index (κ1) is 47.2. The highest BCUT2D eigenvalue weighted by Gasteiger charge is 2.37. The molecule has 0 aliphatic carbocycles. The van der Waals surface area contributed by atoms with Crippen molar-refractivity contribution in [2.75, 3.05) is 13.2 Å². The third-order valence-electron chi connectivity index (χ3n) is 8.03. The van der Waals surface area contributed by atoms with Gasteiger partial charge in [0.25, 0.3) is 0 Å². The zero-order valence-corrected chi connectivity index (χ0v) is 34.0. The summed E-state index contributed by atoms with van der Waals surface area (Å²) in [6.45, 7) is 12.9. The number of esters is 1. The maximum Gasteiger partial charge on any atom is 0.408 e. The summed E-state index contributed by atoms with van der Waals surface area (Å²) in [4.78, 5) is 102. The Morgan fingerprint density at radius 1 is 0.632 bits per heavy atom. The van der Waals surface area contributed by atoms with E-state index in [1.165, 1.54) is 41.5 Å². The minimum atomic E-state index is -1.59. The van der Waals surface area contributed by atoms with Gasteiger partial charge in [0.15, 0.2) is 12.4 Å². The molecule has 0 saturated carbocycles. The SMILES string of the molecule is C[C@H](NC(=O)[C@H](CCCNC(=O)OCc1ccccc1)NC(=O)OC(C)(C)C)C(=O)NC(C)(C)C(=O)N[C@@H](C)C(=O)NC(C)(C)C(=O)OCC(=O)c1ccccc1. The fraction of sp³-hybridized carbons (Fsp3) is 0.500. The molecule has 0 unspecified atom stereocenters. The van der Waals surface area contributed by atoms with Crippen LogP contribution in [0.25, 0.3) is 0 Å². The second-order valence-electron chi connectivity index (χ2n) is 15.3. The van der Waals surface area contributed by atoms with Crippen molar-refractivity contribution in [2.24, 2.45) is 0 Å². The van der Waals surface area contributed by atoms with E-state index in [-0.39, 0.29) is 26.0 Å². The van der Waals surface area contributed by atoms with Crippen LogP contribution in [0.4, 0.5) is 9.59 Å². The van der Waals surface area contributed by atoms with Gasteiger partial charge in [0, 0.05) is 12.1 Å². The van der Waals surface area contributed by atoms with Gasteiger partial charge in [0.2, 0.25) is 23.6 Å². The first-order valence-corrected chi connectivity index (χ1v) is 18.5. The van der Waals surface area contributed by atoms with Gasteiger partial charge in [0.05, 0.1) is 0 Å². The monoisotopic (exact) mass is 796 g/mol. The summed E-state index contributed by atoms with van der Waals surface area (Å²) < 4.78 is 15.6. The van der Waals surface area contributed by atoms with Crippen LogP contribution in [0.1, 0.15) is 91.1 Å². The van der Waals surface area contributed by atoms with Crippen molar-refractivity contribution in [3.8, 4) is 0 Å². The minimum Gasteiger partial charge on any atom is -0.456 e. The molecule has 0 heterocycles. The van der Waals surface area contributed by atoms with E-state index < -0.39 is 89.0 Å². The Bertz CT molecular complexity index is 1730. The minimum absolute atomic E-state index is 0.0482. The lowest BCUT2D eigenvalue weighted by Crippen LogP contribution is -2.62. The van der Waals surface area contributed by atoms with Gasteiger partial charge < -0.3 is 46.1 Å². The summed E-state index contributed by atoms with van der Waals surface area (Å²) >= 11 is 0. The molecule has 0 radical (unpaired) electrons. The molecule has 0 aliphatic rings. The Labute approximate surface area is 333 Å². The molecule has 312 valence electrons. The summed E-state index contributed by atoms with van der Waals surface area (Å²) in [7, 11) is 0. The molecule has 2 rings (SSSR count). The smallest absolute Gasteiger partial charge is 0.408 e. The number of ketones is 1. The highest BCUT2D eigenvalue weighted by Crippen LogP contribution is 2.11. The number of alkyl carbamates (subject to hydrolysis) is 2. The van der Waals surface area contributed by atoms with Crippen molar-refractivity contribution >= 4 is 47.6 Å². The van der Waals surface area contributed by atoms with E-state index in [4.69, 9.17) is 14.2 Å². The molecule has 0 aliphatic heterocycles. The predicted octanol–water partition coefficient (Wildman–Crippen LogP) is 2.81. The summed E-state index contributed by atoms with van der Waals surface area (Å²) in [6, 6.07) is 13.8. The van der Waals surface area contributed by atoms with Crippen molar-refractivity contribution in [1.82, 2.24) is 31.9 Å². The third kappa shape index (κ3) is 17.1. The fourth-order valence-electron chi connectivity index (χ4n) is 4.77. The van der Waals surface area contributed by atoms with E-state index in [1.54, 1.807) is 51.1 Å². The number of rotatable bonds is 19. The summed E-state index contributed by atoms with van der Waals surface area (Å²) in [5, 5.41) is 15.1. The van der Waals surface area contributed by atoms with E-state index in [2.05, 4.69) is 31.9 Å². The van der Waals surface area contributed by atoms with Gasteiger partial charge in [-0.3, -0.25) is 24.0 Å². The molecule has 2 aromatic rings. The Hall–Kier alpha value is -6.00. The third-order valence-corrected chi connectivity index (χ3v) is 8.03. The Morgan fingerprint density at radius 3 is 1.75 bits per heavy atom. The molecular formula is C40H56N6O11. The van der Waals surface area contributed by atoms with Crippen LogP contribution in [0.5, 0.6) is 0 Å². The molecule has 6 amide bonds. The maximum absolute atomic E-state index is 13.3. The van der Waals surface area contributed by atoms with Crippen LogP contribution < -0.4 is 31.9 Å². The van der Waals surface area contributed by atoms with Gasteiger partial charge >= 0.3 is 18.2 Å². The number of carbonyl (C=O) groups excluding carboxylic acids is 8. The average Bonchev–Trinajstić information content (AvgIpc) is 3.13. The number of benzene rings is 2. The van der Waals surface area contributed by atoms with Gasteiger partial charge in [0.1, 0.15) is 41.4 Å². The van der Waals surface area contributed by atoms with E-state index in [0.717, 1.165) is 5.56 Å². The number of hydrogen-bond donors (Lipinski definition) is 6. The zero-order valence-electron chi connectivity index (χ0n) is 34.0. The Balaban J connectivity index is 1.92. The number of carbonyl (C=O) groups is 8. The summed E-state index contributed by atoms with van der Waals surface area (Å²) in [5.74, 6) is -4.29. The molecular weight excluding hydrogens is 740 g/mol. The van der Waals surface area contributed by atoms with Gasteiger partial charge in [-0.05, 0) is 80.7 Å². The van der Waals surface area contributed by atoms with Crippen LogP contribution in [0, 0.1) is 0 Å². The summed E-state index contributed by atoms with van der Waals surface area (Å²) in [6.07, 6.45) is -1.25. The van der Waals surface area contributed by atoms with Crippen LogP contribution >= 0.6 is 0 Å². The largest absolute Gasteiger partial charge is 0.456 e. The maximum atomic E-state index is 13.3. The van der Waals surface area contributed by atoms with Gasteiger partial charge in [-0.15, -0.1) is 0 Å². The van der Waals surface area contributed by atoms with E-state index in [9.17, 15) is 38.4 Å². The lowest BCUT2D eigenvalue weighted by atomic mass is 10.0. The van der Waals surface area contributed by atoms with Crippen LogP contribution in [-0.2, 0) is 44.8 Å². The molecule has 0 bridgehead atoms. The van der Waals surface area contributed by atoms with Crippen LogP contribution in [0.15, 0.2) is 60.7 Å². The molecule has 2 aromatic carbocycles. The number of Topliss-reactive ketones (excluding diaryl/α,β-unsaturated/α-hetero) is 1. The molecule has 0 spiro atoms. The van der Waals surface area contributed by atoms with Crippen LogP contribution in [-0.4, -0.2) is 95.5 Å².